The van der Waals surface area contributed by atoms with Crippen molar-refractivity contribution in [3.8, 4) is 0 Å². The Labute approximate surface area is 86.8 Å². The molecule has 1 aliphatic carbocycles. The van der Waals surface area contributed by atoms with Crippen LogP contribution in [0.2, 0.25) is 0 Å². The molecule has 3 nitrogen and oxygen atoms in total. The topological polar surface area (TPSA) is 41.5 Å². The van der Waals surface area contributed by atoms with E-state index in [-0.39, 0.29) is 12.1 Å². The molecule has 0 saturated heterocycles. The van der Waals surface area contributed by atoms with Gasteiger partial charge in [0, 0.05) is 19.3 Å². The van der Waals surface area contributed by atoms with Gasteiger partial charge in [-0.25, -0.2) is 0 Å². The lowest BCUT2D eigenvalue weighted by molar-refractivity contribution is 0.0911. The number of rotatable bonds is 7. The molecule has 2 N–H and O–H groups in total. The molecular weight excluding hydrogens is 178 g/mol. The fourth-order valence-corrected chi connectivity index (χ4v) is 1.86. The molecule has 0 bridgehead atoms. The van der Waals surface area contributed by atoms with Crippen LogP contribution in [-0.4, -0.2) is 37.5 Å². The third-order valence-electron chi connectivity index (χ3n) is 3.17. The molecule has 1 rings (SSSR count). The fourth-order valence-electron chi connectivity index (χ4n) is 1.86. The van der Waals surface area contributed by atoms with Crippen molar-refractivity contribution < 1.29 is 9.84 Å². The van der Waals surface area contributed by atoms with Gasteiger partial charge in [0.15, 0.2) is 0 Å². The molecule has 84 valence electrons. The van der Waals surface area contributed by atoms with Crippen LogP contribution in [0.3, 0.4) is 0 Å². The smallest absolute Gasteiger partial charge is 0.0642 e. The van der Waals surface area contributed by atoms with Gasteiger partial charge in [0.2, 0.25) is 0 Å². The molecule has 0 aliphatic heterocycles. The van der Waals surface area contributed by atoms with Crippen LogP contribution >= 0.6 is 0 Å². The van der Waals surface area contributed by atoms with Gasteiger partial charge in [0.05, 0.1) is 6.61 Å². The molecule has 0 amide bonds. The number of aliphatic hydroxyl groups is 1. The summed E-state index contributed by atoms with van der Waals surface area (Å²) in [7, 11) is 1.71. The summed E-state index contributed by atoms with van der Waals surface area (Å²) in [5.41, 5.74) is -0.0565. The highest BCUT2D eigenvalue weighted by molar-refractivity contribution is 4.85. The molecule has 0 heterocycles. The Morgan fingerprint density at radius 1 is 1.50 bits per heavy atom. The molecule has 1 saturated carbocycles. The molecule has 0 aromatic heterocycles. The normalized spacial score (nSPS) is 21.6. The Morgan fingerprint density at radius 3 is 2.64 bits per heavy atom. The van der Waals surface area contributed by atoms with Gasteiger partial charge in [-0.3, -0.25) is 0 Å². The van der Waals surface area contributed by atoms with Crippen molar-refractivity contribution in [2.24, 2.45) is 5.92 Å². The first kappa shape index (κ1) is 12.0. The standard InChI is InChI=1S/C11H23NO2/c1-11(6-7-13,9-14-2)12-8-10-4-3-5-10/h10,12-13H,3-9H2,1-2H3. The highest BCUT2D eigenvalue weighted by Crippen LogP contribution is 2.26. The first-order chi connectivity index (χ1) is 6.70. The molecule has 1 aliphatic rings. The average Bonchev–Trinajstić information content (AvgIpc) is 2.02. The van der Waals surface area contributed by atoms with Crippen molar-refractivity contribution in [2.45, 2.75) is 38.1 Å². The predicted molar refractivity (Wildman–Crippen MR) is 57.3 cm³/mol. The predicted octanol–water partition coefficient (Wildman–Crippen LogP) is 1.16. The minimum atomic E-state index is -0.0565. The van der Waals surface area contributed by atoms with E-state index in [2.05, 4.69) is 12.2 Å². The van der Waals surface area contributed by atoms with E-state index in [0.717, 1.165) is 18.9 Å². The van der Waals surface area contributed by atoms with Crippen LogP contribution in [0, 0.1) is 5.92 Å². The van der Waals surface area contributed by atoms with Gasteiger partial charge in [-0.1, -0.05) is 6.42 Å². The van der Waals surface area contributed by atoms with Crippen molar-refractivity contribution in [3.63, 3.8) is 0 Å². The second-order valence-corrected chi connectivity index (χ2v) is 4.65. The second-order valence-electron chi connectivity index (χ2n) is 4.65. The molecule has 0 radical (unpaired) electrons. The zero-order chi connectivity index (χ0) is 10.4. The van der Waals surface area contributed by atoms with E-state index in [1.165, 1.54) is 19.3 Å². The maximum Gasteiger partial charge on any atom is 0.0642 e. The summed E-state index contributed by atoms with van der Waals surface area (Å²) in [6, 6.07) is 0. The van der Waals surface area contributed by atoms with Gasteiger partial charge in [-0.2, -0.15) is 0 Å². The molecule has 1 fully saturated rings. The monoisotopic (exact) mass is 201 g/mol. The summed E-state index contributed by atoms with van der Waals surface area (Å²) in [6.45, 7) is 4.07. The van der Waals surface area contributed by atoms with Gasteiger partial charge < -0.3 is 15.2 Å². The van der Waals surface area contributed by atoms with Crippen LogP contribution in [-0.2, 0) is 4.74 Å². The Bertz CT molecular complexity index is 151. The first-order valence-corrected chi connectivity index (χ1v) is 5.55. The second kappa shape index (κ2) is 5.69. The molecule has 14 heavy (non-hydrogen) atoms. The van der Waals surface area contributed by atoms with Crippen molar-refractivity contribution >= 4 is 0 Å². The highest BCUT2D eigenvalue weighted by Gasteiger charge is 2.26. The third-order valence-corrected chi connectivity index (χ3v) is 3.17. The number of hydrogen-bond acceptors (Lipinski definition) is 3. The number of ether oxygens (including phenoxy) is 1. The van der Waals surface area contributed by atoms with Crippen molar-refractivity contribution in [2.75, 3.05) is 26.9 Å². The molecule has 1 unspecified atom stereocenters. The van der Waals surface area contributed by atoms with Crippen LogP contribution in [0.25, 0.3) is 0 Å². The zero-order valence-electron chi connectivity index (χ0n) is 9.38. The summed E-state index contributed by atoms with van der Waals surface area (Å²) < 4.78 is 5.17. The van der Waals surface area contributed by atoms with Crippen molar-refractivity contribution in [3.05, 3.63) is 0 Å². The lowest BCUT2D eigenvalue weighted by atomic mass is 9.84. The number of aliphatic hydroxyl groups excluding tert-OH is 1. The van der Waals surface area contributed by atoms with E-state index in [0.29, 0.717) is 6.61 Å². The van der Waals surface area contributed by atoms with E-state index in [9.17, 15) is 0 Å². The van der Waals surface area contributed by atoms with Gasteiger partial charge in [-0.05, 0) is 38.6 Å². The fraction of sp³-hybridized carbons (Fsp3) is 1.00. The Morgan fingerprint density at radius 2 is 2.21 bits per heavy atom. The van der Waals surface area contributed by atoms with Crippen LogP contribution in [0.4, 0.5) is 0 Å². The van der Waals surface area contributed by atoms with Gasteiger partial charge in [0.1, 0.15) is 0 Å². The average molecular weight is 201 g/mol. The van der Waals surface area contributed by atoms with E-state index >= 15 is 0 Å². The zero-order valence-corrected chi connectivity index (χ0v) is 9.38. The Hall–Kier alpha value is -0.120. The highest BCUT2D eigenvalue weighted by atomic mass is 16.5. The maximum atomic E-state index is 8.97. The quantitative estimate of drug-likeness (QED) is 0.649. The molecule has 0 aromatic rings. The largest absolute Gasteiger partial charge is 0.396 e. The van der Waals surface area contributed by atoms with E-state index < -0.39 is 0 Å². The lowest BCUT2D eigenvalue weighted by Crippen LogP contribution is -2.49. The summed E-state index contributed by atoms with van der Waals surface area (Å²) >= 11 is 0. The van der Waals surface area contributed by atoms with E-state index in [1.807, 2.05) is 0 Å². The minimum Gasteiger partial charge on any atom is -0.396 e. The van der Waals surface area contributed by atoms with Gasteiger partial charge >= 0.3 is 0 Å². The summed E-state index contributed by atoms with van der Waals surface area (Å²) in [5.74, 6) is 0.852. The van der Waals surface area contributed by atoms with Crippen LogP contribution in [0.15, 0.2) is 0 Å². The minimum absolute atomic E-state index is 0.0565. The van der Waals surface area contributed by atoms with Crippen LogP contribution < -0.4 is 5.32 Å². The molecule has 0 aromatic carbocycles. The van der Waals surface area contributed by atoms with E-state index in [4.69, 9.17) is 9.84 Å². The van der Waals surface area contributed by atoms with Crippen LogP contribution in [0.1, 0.15) is 32.6 Å². The van der Waals surface area contributed by atoms with E-state index in [1.54, 1.807) is 7.11 Å². The Balaban J connectivity index is 2.25. The third kappa shape index (κ3) is 3.56. The molecular formula is C11H23NO2. The van der Waals surface area contributed by atoms with Crippen molar-refractivity contribution in [1.82, 2.24) is 5.32 Å². The SMILES string of the molecule is COCC(C)(CCO)NCC1CCC1. The summed E-state index contributed by atoms with van der Waals surface area (Å²) in [6.07, 6.45) is 4.85. The summed E-state index contributed by atoms with van der Waals surface area (Å²) in [4.78, 5) is 0. The van der Waals surface area contributed by atoms with Gasteiger partial charge in [-0.15, -0.1) is 0 Å². The first-order valence-electron chi connectivity index (χ1n) is 5.55. The Kier molecular flexibility index (Phi) is 4.85. The summed E-state index contributed by atoms with van der Waals surface area (Å²) in [5, 5.41) is 12.5. The molecule has 0 spiro atoms. The lowest BCUT2D eigenvalue weighted by Gasteiger charge is -2.34. The maximum absolute atomic E-state index is 8.97. The number of methoxy groups -OCH3 is 1. The van der Waals surface area contributed by atoms with Gasteiger partial charge in [0.25, 0.3) is 0 Å². The van der Waals surface area contributed by atoms with Crippen LogP contribution in [0.5, 0.6) is 0 Å². The number of nitrogens with one attached hydrogen (secondary N) is 1. The van der Waals surface area contributed by atoms with Crippen molar-refractivity contribution in [1.29, 1.82) is 0 Å². The number of hydrogen-bond donors (Lipinski definition) is 2. The molecule has 1 atom stereocenters. The molecule has 3 heteroatoms.